The summed E-state index contributed by atoms with van der Waals surface area (Å²) in [6.45, 7) is 7.75. The monoisotopic (exact) mass is 219 g/mol. The molecule has 1 saturated heterocycles. The number of hydrogen-bond donors (Lipinski definition) is 1. The Kier molecular flexibility index (Phi) is 4.31. The summed E-state index contributed by atoms with van der Waals surface area (Å²) in [7, 11) is 0. The van der Waals surface area contributed by atoms with E-state index in [1.54, 1.807) is 0 Å². The van der Waals surface area contributed by atoms with Crippen LogP contribution in [0.15, 0.2) is 18.3 Å². The standard InChI is InChI=1S/C13H21N3/c1-12-4-5-13(15-10-12)11-14-6-9-16-7-2-3-8-16/h4-5,10,14H,2-3,6-9,11H2,1H3. The van der Waals surface area contributed by atoms with E-state index in [0.717, 1.165) is 18.8 Å². The zero-order valence-electron chi connectivity index (χ0n) is 10.1. The van der Waals surface area contributed by atoms with Gasteiger partial charge >= 0.3 is 0 Å². The van der Waals surface area contributed by atoms with E-state index in [1.165, 1.54) is 38.0 Å². The van der Waals surface area contributed by atoms with Crippen molar-refractivity contribution in [1.82, 2.24) is 15.2 Å². The van der Waals surface area contributed by atoms with Gasteiger partial charge in [0.25, 0.3) is 0 Å². The van der Waals surface area contributed by atoms with E-state index >= 15 is 0 Å². The predicted molar refractivity (Wildman–Crippen MR) is 66.4 cm³/mol. The van der Waals surface area contributed by atoms with E-state index in [-0.39, 0.29) is 0 Å². The van der Waals surface area contributed by atoms with Crippen molar-refractivity contribution in [2.24, 2.45) is 0 Å². The van der Waals surface area contributed by atoms with Crippen LogP contribution in [-0.4, -0.2) is 36.1 Å². The molecule has 0 saturated carbocycles. The van der Waals surface area contributed by atoms with Gasteiger partial charge in [-0.2, -0.15) is 0 Å². The molecule has 3 nitrogen and oxygen atoms in total. The van der Waals surface area contributed by atoms with Crippen molar-refractivity contribution in [3.63, 3.8) is 0 Å². The van der Waals surface area contributed by atoms with Crippen LogP contribution < -0.4 is 5.32 Å². The van der Waals surface area contributed by atoms with Crippen molar-refractivity contribution in [3.05, 3.63) is 29.6 Å². The molecule has 1 N–H and O–H groups in total. The Morgan fingerprint density at radius 1 is 1.31 bits per heavy atom. The van der Waals surface area contributed by atoms with Crippen LogP contribution in [0.3, 0.4) is 0 Å². The van der Waals surface area contributed by atoms with Gasteiger partial charge in [0.15, 0.2) is 0 Å². The summed E-state index contributed by atoms with van der Waals surface area (Å²) >= 11 is 0. The Balaban J connectivity index is 1.62. The highest BCUT2D eigenvalue weighted by molar-refractivity contribution is 5.11. The second kappa shape index (κ2) is 5.97. The number of nitrogens with zero attached hydrogens (tertiary/aromatic N) is 2. The summed E-state index contributed by atoms with van der Waals surface area (Å²) in [5, 5.41) is 3.44. The summed E-state index contributed by atoms with van der Waals surface area (Å²) in [5.41, 5.74) is 2.35. The maximum absolute atomic E-state index is 4.37. The Morgan fingerprint density at radius 3 is 2.81 bits per heavy atom. The zero-order chi connectivity index (χ0) is 11.2. The average Bonchev–Trinajstić information content (AvgIpc) is 2.80. The first-order valence-corrected chi connectivity index (χ1v) is 6.19. The first kappa shape index (κ1) is 11.6. The SMILES string of the molecule is Cc1ccc(CNCCN2CCCC2)nc1. The highest BCUT2D eigenvalue weighted by Crippen LogP contribution is 2.05. The van der Waals surface area contributed by atoms with Gasteiger partial charge in [-0.1, -0.05) is 6.07 Å². The van der Waals surface area contributed by atoms with Crippen LogP contribution in [0.2, 0.25) is 0 Å². The minimum Gasteiger partial charge on any atom is -0.310 e. The molecule has 0 radical (unpaired) electrons. The molecule has 1 aliphatic rings. The lowest BCUT2D eigenvalue weighted by Crippen LogP contribution is -2.29. The molecule has 1 aromatic heterocycles. The molecule has 0 aromatic carbocycles. The van der Waals surface area contributed by atoms with Crippen LogP contribution >= 0.6 is 0 Å². The second-order valence-electron chi connectivity index (χ2n) is 4.55. The molecule has 0 aliphatic carbocycles. The molecule has 1 aliphatic heterocycles. The Bertz CT molecular complexity index is 301. The van der Waals surface area contributed by atoms with Gasteiger partial charge in [-0.15, -0.1) is 0 Å². The number of rotatable bonds is 5. The molecule has 0 spiro atoms. The van der Waals surface area contributed by atoms with Crippen LogP contribution in [0, 0.1) is 6.92 Å². The largest absolute Gasteiger partial charge is 0.310 e. The highest BCUT2D eigenvalue weighted by atomic mass is 15.1. The first-order valence-electron chi connectivity index (χ1n) is 6.19. The number of likely N-dealkylation sites (tertiary alicyclic amines) is 1. The van der Waals surface area contributed by atoms with Crippen LogP contribution in [0.1, 0.15) is 24.1 Å². The van der Waals surface area contributed by atoms with Crippen molar-refractivity contribution >= 4 is 0 Å². The normalized spacial score (nSPS) is 16.8. The van der Waals surface area contributed by atoms with E-state index in [1.807, 2.05) is 6.20 Å². The summed E-state index contributed by atoms with van der Waals surface area (Å²) in [6.07, 6.45) is 4.68. The summed E-state index contributed by atoms with van der Waals surface area (Å²) in [4.78, 5) is 6.89. The fourth-order valence-electron chi connectivity index (χ4n) is 2.06. The van der Waals surface area contributed by atoms with Gasteiger partial charge in [0, 0.05) is 25.8 Å². The molecule has 0 bridgehead atoms. The number of pyridine rings is 1. The maximum atomic E-state index is 4.37. The molecular weight excluding hydrogens is 198 g/mol. The van der Waals surface area contributed by atoms with Gasteiger partial charge in [-0.05, 0) is 44.5 Å². The summed E-state index contributed by atoms with van der Waals surface area (Å²) in [6, 6.07) is 4.21. The Hall–Kier alpha value is -0.930. The van der Waals surface area contributed by atoms with Crippen molar-refractivity contribution in [2.45, 2.75) is 26.3 Å². The number of hydrogen-bond acceptors (Lipinski definition) is 3. The molecular formula is C13H21N3. The molecule has 0 unspecified atom stereocenters. The van der Waals surface area contributed by atoms with Crippen molar-refractivity contribution < 1.29 is 0 Å². The second-order valence-corrected chi connectivity index (χ2v) is 4.55. The van der Waals surface area contributed by atoms with E-state index < -0.39 is 0 Å². The lowest BCUT2D eigenvalue weighted by molar-refractivity contribution is 0.335. The van der Waals surface area contributed by atoms with Crippen LogP contribution in [0.5, 0.6) is 0 Å². The van der Waals surface area contributed by atoms with E-state index in [0.29, 0.717) is 0 Å². The number of nitrogens with one attached hydrogen (secondary N) is 1. The Morgan fingerprint density at radius 2 is 2.12 bits per heavy atom. The van der Waals surface area contributed by atoms with Gasteiger partial charge in [0.2, 0.25) is 0 Å². The van der Waals surface area contributed by atoms with E-state index in [4.69, 9.17) is 0 Å². The van der Waals surface area contributed by atoms with Gasteiger partial charge in [0.05, 0.1) is 5.69 Å². The van der Waals surface area contributed by atoms with Crippen molar-refractivity contribution in [2.75, 3.05) is 26.2 Å². The summed E-state index contributed by atoms with van der Waals surface area (Å²) < 4.78 is 0. The minimum absolute atomic E-state index is 0.883. The number of aryl methyl sites for hydroxylation is 1. The van der Waals surface area contributed by atoms with Crippen LogP contribution in [0.4, 0.5) is 0 Å². The van der Waals surface area contributed by atoms with Crippen LogP contribution in [0.25, 0.3) is 0 Å². The summed E-state index contributed by atoms with van der Waals surface area (Å²) in [5.74, 6) is 0. The highest BCUT2D eigenvalue weighted by Gasteiger charge is 2.09. The van der Waals surface area contributed by atoms with Crippen molar-refractivity contribution in [1.29, 1.82) is 0 Å². The van der Waals surface area contributed by atoms with E-state index in [2.05, 4.69) is 34.3 Å². The molecule has 88 valence electrons. The van der Waals surface area contributed by atoms with Crippen molar-refractivity contribution in [3.8, 4) is 0 Å². The zero-order valence-corrected chi connectivity index (χ0v) is 10.1. The molecule has 0 atom stereocenters. The third kappa shape index (κ3) is 3.58. The Labute approximate surface area is 97.9 Å². The third-order valence-corrected chi connectivity index (χ3v) is 3.08. The lowest BCUT2D eigenvalue weighted by Gasteiger charge is -2.14. The smallest absolute Gasteiger partial charge is 0.0541 e. The van der Waals surface area contributed by atoms with Crippen LogP contribution in [-0.2, 0) is 6.54 Å². The maximum Gasteiger partial charge on any atom is 0.0541 e. The lowest BCUT2D eigenvalue weighted by atomic mass is 10.3. The fraction of sp³-hybridized carbons (Fsp3) is 0.615. The predicted octanol–water partition coefficient (Wildman–Crippen LogP) is 1.58. The molecule has 0 amide bonds. The first-order chi connectivity index (χ1) is 7.84. The molecule has 2 heterocycles. The van der Waals surface area contributed by atoms with Gasteiger partial charge in [-0.3, -0.25) is 4.98 Å². The molecule has 1 aromatic rings. The topological polar surface area (TPSA) is 28.2 Å². The molecule has 3 heteroatoms. The molecule has 2 rings (SSSR count). The quantitative estimate of drug-likeness (QED) is 0.762. The van der Waals surface area contributed by atoms with Gasteiger partial charge in [-0.25, -0.2) is 0 Å². The molecule has 1 fully saturated rings. The fourth-order valence-corrected chi connectivity index (χ4v) is 2.06. The minimum atomic E-state index is 0.883. The molecule has 16 heavy (non-hydrogen) atoms. The van der Waals surface area contributed by atoms with Gasteiger partial charge in [0.1, 0.15) is 0 Å². The average molecular weight is 219 g/mol. The number of aromatic nitrogens is 1. The van der Waals surface area contributed by atoms with Gasteiger partial charge < -0.3 is 10.2 Å². The third-order valence-electron chi connectivity index (χ3n) is 3.08. The van der Waals surface area contributed by atoms with E-state index in [9.17, 15) is 0 Å².